The van der Waals surface area contributed by atoms with E-state index in [2.05, 4.69) is 0 Å². The zero-order valence-electron chi connectivity index (χ0n) is 12.6. The number of nitrogens with zero attached hydrogens (tertiary/aromatic N) is 1. The van der Waals surface area contributed by atoms with Gasteiger partial charge in [-0.25, -0.2) is 9.59 Å². The van der Waals surface area contributed by atoms with Crippen molar-refractivity contribution in [2.24, 2.45) is 0 Å². The first kappa shape index (κ1) is 16.0. The maximum Gasteiger partial charge on any atom is 0.340 e. The van der Waals surface area contributed by atoms with Crippen LogP contribution >= 0.6 is 23.4 Å². The Kier molecular flexibility index (Phi) is 4.37. The third kappa shape index (κ3) is 2.62. The zero-order valence-corrected chi connectivity index (χ0v) is 14.2. The Balaban J connectivity index is 2.34. The van der Waals surface area contributed by atoms with Gasteiger partial charge in [-0.2, -0.15) is 0 Å². The van der Waals surface area contributed by atoms with Crippen LogP contribution in [-0.2, 0) is 21.1 Å². The monoisotopic (exact) mass is 351 g/mol. The zero-order chi connectivity index (χ0) is 16.6. The molecule has 120 valence electrons. The Hall–Kier alpha value is -1.92. The molecule has 1 aromatic heterocycles. The number of aromatic nitrogens is 1. The van der Waals surface area contributed by atoms with Crippen LogP contribution in [0.1, 0.15) is 26.4 Å². The van der Waals surface area contributed by atoms with Gasteiger partial charge < -0.3 is 14.0 Å². The molecule has 0 radical (unpaired) electrons. The lowest BCUT2D eigenvalue weighted by molar-refractivity contribution is 0.0556. The van der Waals surface area contributed by atoms with E-state index in [4.69, 9.17) is 21.1 Å². The van der Waals surface area contributed by atoms with E-state index in [0.717, 1.165) is 11.3 Å². The number of thioether (sulfide) groups is 1. The number of carbonyl (C=O) groups is 2. The second-order valence-electron chi connectivity index (χ2n) is 4.94. The van der Waals surface area contributed by atoms with Crippen molar-refractivity contribution >= 4 is 35.3 Å². The summed E-state index contributed by atoms with van der Waals surface area (Å²) in [5.74, 6) is 0.185. The van der Waals surface area contributed by atoms with Gasteiger partial charge in [0.2, 0.25) is 0 Å². The first-order valence-corrected chi connectivity index (χ1v) is 8.37. The Morgan fingerprint density at radius 1 is 1.17 bits per heavy atom. The Morgan fingerprint density at radius 3 is 2.52 bits per heavy atom. The minimum atomic E-state index is -0.563. The maximum absolute atomic E-state index is 12.4. The van der Waals surface area contributed by atoms with Crippen molar-refractivity contribution in [1.29, 1.82) is 0 Å². The fourth-order valence-electron chi connectivity index (χ4n) is 2.75. The number of benzene rings is 1. The molecule has 2 aromatic rings. The van der Waals surface area contributed by atoms with E-state index in [1.165, 1.54) is 14.2 Å². The molecule has 5 nitrogen and oxygen atoms in total. The van der Waals surface area contributed by atoms with Crippen LogP contribution in [0, 0.1) is 0 Å². The van der Waals surface area contributed by atoms with E-state index in [-0.39, 0.29) is 11.1 Å². The summed E-state index contributed by atoms with van der Waals surface area (Å²) in [5.41, 5.74) is 2.69. The highest BCUT2D eigenvalue weighted by atomic mass is 35.5. The molecular formula is C16H14ClNO4S. The van der Waals surface area contributed by atoms with Crippen LogP contribution in [-0.4, -0.2) is 30.7 Å². The molecule has 0 fully saturated rings. The largest absolute Gasteiger partial charge is 0.465 e. The van der Waals surface area contributed by atoms with Gasteiger partial charge in [0.05, 0.1) is 31.4 Å². The summed E-state index contributed by atoms with van der Waals surface area (Å²) in [6.07, 6.45) is 0. The third-order valence-corrected chi connectivity index (χ3v) is 4.86. The molecule has 1 aliphatic rings. The van der Waals surface area contributed by atoms with Gasteiger partial charge in [-0.3, -0.25) is 0 Å². The molecule has 0 saturated carbocycles. The molecule has 1 aromatic carbocycles. The molecule has 0 saturated heterocycles. The van der Waals surface area contributed by atoms with E-state index in [1.807, 2.05) is 10.6 Å². The summed E-state index contributed by atoms with van der Waals surface area (Å²) < 4.78 is 11.7. The summed E-state index contributed by atoms with van der Waals surface area (Å²) in [5, 5.41) is 0.555. The van der Waals surface area contributed by atoms with Gasteiger partial charge in [0.15, 0.2) is 0 Å². The number of rotatable bonds is 3. The van der Waals surface area contributed by atoms with Gasteiger partial charge in [0.1, 0.15) is 5.56 Å². The Labute approximate surface area is 142 Å². The minimum absolute atomic E-state index is 0.233. The average molecular weight is 352 g/mol. The number of esters is 2. The molecular weight excluding hydrogens is 338 g/mol. The van der Waals surface area contributed by atoms with Crippen molar-refractivity contribution in [3.05, 3.63) is 46.1 Å². The summed E-state index contributed by atoms with van der Waals surface area (Å²) in [6.45, 7) is 0. The second-order valence-corrected chi connectivity index (χ2v) is 6.34. The van der Waals surface area contributed by atoms with Crippen molar-refractivity contribution in [2.45, 2.75) is 11.6 Å². The number of methoxy groups -OCH3 is 2. The molecule has 0 spiro atoms. The topological polar surface area (TPSA) is 57.5 Å². The predicted molar refractivity (Wildman–Crippen MR) is 88.9 cm³/mol. The number of halogens is 1. The fraction of sp³-hybridized carbons (Fsp3) is 0.250. The van der Waals surface area contributed by atoms with E-state index < -0.39 is 11.9 Å². The molecule has 3 rings (SSSR count). The maximum atomic E-state index is 12.4. The van der Waals surface area contributed by atoms with Gasteiger partial charge >= 0.3 is 11.9 Å². The van der Waals surface area contributed by atoms with Crippen LogP contribution < -0.4 is 0 Å². The fourth-order valence-corrected chi connectivity index (χ4v) is 4.00. The molecule has 23 heavy (non-hydrogen) atoms. The van der Waals surface area contributed by atoms with E-state index in [1.54, 1.807) is 30.0 Å². The average Bonchev–Trinajstić information content (AvgIpc) is 3.13. The van der Waals surface area contributed by atoms with Crippen molar-refractivity contribution in [3.8, 4) is 11.3 Å². The summed E-state index contributed by atoms with van der Waals surface area (Å²) in [7, 11) is 2.59. The Bertz CT molecular complexity index is 800. The molecule has 0 N–H and O–H groups in total. The lowest BCUT2D eigenvalue weighted by atomic mass is 10.0. The van der Waals surface area contributed by atoms with Crippen molar-refractivity contribution < 1.29 is 19.1 Å². The quantitative estimate of drug-likeness (QED) is 0.791. The second kappa shape index (κ2) is 6.29. The minimum Gasteiger partial charge on any atom is -0.465 e. The molecule has 0 bridgehead atoms. The predicted octanol–water partition coefficient (Wildman–Crippen LogP) is 3.59. The van der Waals surface area contributed by atoms with E-state index in [9.17, 15) is 9.59 Å². The number of hydrogen-bond acceptors (Lipinski definition) is 5. The first-order chi connectivity index (χ1) is 11.1. The van der Waals surface area contributed by atoms with Gasteiger partial charge in [0, 0.05) is 22.0 Å². The van der Waals surface area contributed by atoms with Gasteiger partial charge in [-0.15, -0.1) is 11.8 Å². The van der Waals surface area contributed by atoms with Crippen LogP contribution in [0.5, 0.6) is 0 Å². The SMILES string of the molecule is COC(=O)c1c(C(=O)OC)c(-c2cccc(Cl)c2)n2c1CSC2. The number of hydrogen-bond donors (Lipinski definition) is 0. The highest BCUT2D eigenvalue weighted by Gasteiger charge is 2.35. The molecule has 2 heterocycles. The standard InChI is InChI=1S/C16H14ClNO4S/c1-21-15(19)12-11-7-23-8-18(11)14(13(12)16(20)22-2)9-4-3-5-10(17)6-9/h3-6H,7-8H2,1-2H3. The number of carbonyl (C=O) groups excluding carboxylic acids is 2. The van der Waals surface area contributed by atoms with Crippen molar-refractivity contribution in [1.82, 2.24) is 4.57 Å². The lowest BCUT2D eigenvalue weighted by Crippen LogP contribution is -2.11. The van der Waals surface area contributed by atoms with Gasteiger partial charge in [0.25, 0.3) is 0 Å². The molecule has 0 amide bonds. The highest BCUT2D eigenvalue weighted by Crippen LogP contribution is 2.40. The van der Waals surface area contributed by atoms with Crippen molar-refractivity contribution in [2.75, 3.05) is 14.2 Å². The van der Waals surface area contributed by atoms with Crippen LogP contribution in [0.3, 0.4) is 0 Å². The summed E-state index contributed by atoms with van der Waals surface area (Å²) in [4.78, 5) is 24.6. The molecule has 0 atom stereocenters. The summed E-state index contributed by atoms with van der Waals surface area (Å²) >= 11 is 7.75. The van der Waals surface area contributed by atoms with Gasteiger partial charge in [-0.05, 0) is 12.1 Å². The van der Waals surface area contributed by atoms with E-state index in [0.29, 0.717) is 22.3 Å². The highest BCUT2D eigenvalue weighted by molar-refractivity contribution is 7.97. The van der Waals surface area contributed by atoms with Crippen LogP contribution in [0.15, 0.2) is 24.3 Å². The first-order valence-electron chi connectivity index (χ1n) is 6.84. The Morgan fingerprint density at radius 2 is 1.87 bits per heavy atom. The van der Waals surface area contributed by atoms with Crippen LogP contribution in [0.2, 0.25) is 5.02 Å². The molecule has 0 unspecified atom stereocenters. The third-order valence-electron chi connectivity index (χ3n) is 3.71. The lowest BCUT2D eigenvalue weighted by Gasteiger charge is -2.09. The number of fused-ring (bicyclic) bond motifs is 1. The van der Waals surface area contributed by atoms with Crippen LogP contribution in [0.4, 0.5) is 0 Å². The number of ether oxygens (including phenoxy) is 2. The molecule has 1 aliphatic heterocycles. The van der Waals surface area contributed by atoms with E-state index >= 15 is 0 Å². The van der Waals surface area contributed by atoms with Gasteiger partial charge in [-0.1, -0.05) is 23.7 Å². The van der Waals surface area contributed by atoms with Crippen LogP contribution in [0.25, 0.3) is 11.3 Å². The smallest absolute Gasteiger partial charge is 0.340 e. The van der Waals surface area contributed by atoms with Crippen molar-refractivity contribution in [3.63, 3.8) is 0 Å². The summed E-state index contributed by atoms with van der Waals surface area (Å²) in [6, 6.07) is 7.18. The molecule has 7 heteroatoms. The molecule has 0 aliphatic carbocycles. The normalized spacial score (nSPS) is 12.8.